The number of rotatable bonds is 4. The number of nitrogens with two attached hydrogens (primary N) is 1. The second-order valence-corrected chi connectivity index (χ2v) is 5.75. The average Bonchev–Trinajstić information content (AvgIpc) is 2.74. The summed E-state index contributed by atoms with van der Waals surface area (Å²) in [6.07, 6.45) is 0. The van der Waals surface area contributed by atoms with Crippen LogP contribution in [0.2, 0.25) is 0 Å². The van der Waals surface area contributed by atoms with Gasteiger partial charge in [-0.25, -0.2) is 0 Å². The van der Waals surface area contributed by atoms with Crippen molar-refractivity contribution in [3.63, 3.8) is 0 Å². The normalized spacial score (nSPS) is 10.5. The number of benzene rings is 1. The number of nitrogens with zero attached hydrogens (tertiary/aromatic N) is 1. The molecule has 0 aliphatic rings. The molecule has 0 radical (unpaired) electrons. The molecule has 0 saturated carbocycles. The Kier molecular flexibility index (Phi) is 4.27. The predicted molar refractivity (Wildman–Crippen MR) is 85.6 cm³/mol. The van der Waals surface area contributed by atoms with Gasteiger partial charge in [-0.15, -0.1) is 0 Å². The molecule has 5 heteroatoms. The lowest BCUT2D eigenvalue weighted by Gasteiger charge is -2.21. The van der Waals surface area contributed by atoms with Crippen molar-refractivity contribution in [3.8, 4) is 0 Å². The minimum Gasteiger partial charge on any atom is -0.464 e. The van der Waals surface area contributed by atoms with Crippen molar-refractivity contribution in [1.82, 2.24) is 0 Å². The van der Waals surface area contributed by atoms with Crippen molar-refractivity contribution in [1.29, 1.82) is 0 Å². The molecule has 19 heavy (non-hydrogen) atoms. The third kappa shape index (κ3) is 3.36. The lowest BCUT2D eigenvalue weighted by atomic mass is 10.1. The Labute approximate surface area is 126 Å². The van der Waals surface area contributed by atoms with E-state index in [2.05, 4.69) is 20.8 Å². The minimum atomic E-state index is 0.388. The fourth-order valence-corrected chi connectivity index (χ4v) is 2.45. The topological polar surface area (TPSA) is 42.4 Å². The molecule has 0 unspecified atom stereocenters. The van der Waals surface area contributed by atoms with Gasteiger partial charge in [0.15, 0.2) is 0 Å². The standard InChI is InChI=1S/C14H15BrN2OS/c1-9-3-5-11(18-9)8-17(2)13-6-4-10(15)7-12(13)14(16)19/h3-7H,8H2,1-2H3,(H2,16,19). The number of furan rings is 1. The van der Waals surface area contributed by atoms with Gasteiger partial charge in [0.1, 0.15) is 16.5 Å². The fourth-order valence-electron chi connectivity index (χ4n) is 1.93. The Bertz CT molecular complexity index is 609. The monoisotopic (exact) mass is 338 g/mol. The first-order chi connectivity index (χ1) is 8.97. The molecule has 1 heterocycles. The van der Waals surface area contributed by atoms with Crippen LogP contribution in [0.25, 0.3) is 0 Å². The van der Waals surface area contributed by atoms with Crippen LogP contribution in [0, 0.1) is 6.92 Å². The summed E-state index contributed by atoms with van der Waals surface area (Å²) < 4.78 is 6.54. The fraction of sp³-hybridized carbons (Fsp3) is 0.214. The molecule has 0 atom stereocenters. The van der Waals surface area contributed by atoms with Gasteiger partial charge in [0.2, 0.25) is 0 Å². The molecule has 0 spiro atoms. The third-order valence-corrected chi connectivity index (χ3v) is 3.54. The number of anilines is 1. The second-order valence-electron chi connectivity index (χ2n) is 4.39. The summed E-state index contributed by atoms with van der Waals surface area (Å²) in [5.74, 6) is 1.82. The molecule has 2 aromatic rings. The molecule has 1 aromatic carbocycles. The highest BCUT2D eigenvalue weighted by Crippen LogP contribution is 2.25. The van der Waals surface area contributed by atoms with Crippen LogP contribution in [0.3, 0.4) is 0 Å². The van der Waals surface area contributed by atoms with E-state index in [1.165, 1.54) is 0 Å². The summed E-state index contributed by atoms with van der Waals surface area (Å²) >= 11 is 8.54. The van der Waals surface area contributed by atoms with Crippen LogP contribution in [0.5, 0.6) is 0 Å². The summed E-state index contributed by atoms with van der Waals surface area (Å²) in [5.41, 5.74) is 7.63. The summed E-state index contributed by atoms with van der Waals surface area (Å²) in [6.45, 7) is 2.61. The van der Waals surface area contributed by atoms with Crippen molar-refractivity contribution >= 4 is 38.8 Å². The highest BCUT2D eigenvalue weighted by molar-refractivity contribution is 9.10. The highest BCUT2D eigenvalue weighted by atomic mass is 79.9. The van der Waals surface area contributed by atoms with E-state index < -0.39 is 0 Å². The number of aryl methyl sites for hydroxylation is 1. The van der Waals surface area contributed by atoms with E-state index in [1.807, 2.05) is 44.3 Å². The van der Waals surface area contributed by atoms with E-state index in [4.69, 9.17) is 22.4 Å². The molecule has 0 fully saturated rings. The highest BCUT2D eigenvalue weighted by Gasteiger charge is 2.12. The molecule has 0 bridgehead atoms. The lowest BCUT2D eigenvalue weighted by molar-refractivity contribution is 0.482. The van der Waals surface area contributed by atoms with Crippen LogP contribution in [0.1, 0.15) is 17.1 Å². The van der Waals surface area contributed by atoms with Gasteiger partial charge >= 0.3 is 0 Å². The zero-order valence-electron chi connectivity index (χ0n) is 10.8. The van der Waals surface area contributed by atoms with Crippen LogP contribution >= 0.6 is 28.1 Å². The summed E-state index contributed by atoms with van der Waals surface area (Å²) in [6, 6.07) is 9.83. The summed E-state index contributed by atoms with van der Waals surface area (Å²) in [5, 5.41) is 0. The average molecular weight is 339 g/mol. The molecule has 0 aliphatic heterocycles. The van der Waals surface area contributed by atoms with E-state index in [1.54, 1.807) is 0 Å². The molecule has 2 N–H and O–H groups in total. The van der Waals surface area contributed by atoms with Gasteiger partial charge in [-0.2, -0.15) is 0 Å². The van der Waals surface area contributed by atoms with Gasteiger partial charge < -0.3 is 15.1 Å². The van der Waals surface area contributed by atoms with Crippen molar-refractivity contribution < 1.29 is 4.42 Å². The zero-order chi connectivity index (χ0) is 14.0. The summed E-state index contributed by atoms with van der Waals surface area (Å²) in [4.78, 5) is 2.46. The zero-order valence-corrected chi connectivity index (χ0v) is 13.2. The van der Waals surface area contributed by atoms with E-state index >= 15 is 0 Å². The van der Waals surface area contributed by atoms with Crippen molar-refractivity contribution in [2.24, 2.45) is 5.73 Å². The predicted octanol–water partition coefficient (Wildman–Crippen LogP) is 3.62. The Morgan fingerprint density at radius 2 is 2.11 bits per heavy atom. The molecule has 100 valence electrons. The Balaban J connectivity index is 2.28. The molecule has 3 nitrogen and oxygen atoms in total. The molecular formula is C14H15BrN2OS. The minimum absolute atomic E-state index is 0.388. The number of hydrogen-bond donors (Lipinski definition) is 1. The first-order valence-electron chi connectivity index (χ1n) is 5.83. The Morgan fingerprint density at radius 3 is 2.68 bits per heavy atom. The van der Waals surface area contributed by atoms with E-state index in [0.717, 1.165) is 27.2 Å². The lowest BCUT2D eigenvalue weighted by Crippen LogP contribution is -2.21. The van der Waals surface area contributed by atoms with Crippen molar-refractivity contribution in [2.45, 2.75) is 13.5 Å². The molecule has 1 aromatic heterocycles. The van der Waals surface area contributed by atoms with E-state index in [-0.39, 0.29) is 0 Å². The molecule has 0 saturated heterocycles. The molecule has 0 aliphatic carbocycles. The summed E-state index contributed by atoms with van der Waals surface area (Å²) in [7, 11) is 1.99. The Morgan fingerprint density at radius 1 is 1.37 bits per heavy atom. The van der Waals surface area contributed by atoms with Gasteiger partial charge in [0, 0.05) is 22.8 Å². The van der Waals surface area contributed by atoms with Crippen LogP contribution in [0.15, 0.2) is 39.2 Å². The van der Waals surface area contributed by atoms with Crippen LogP contribution in [-0.2, 0) is 6.54 Å². The van der Waals surface area contributed by atoms with Crippen molar-refractivity contribution in [3.05, 3.63) is 51.9 Å². The van der Waals surface area contributed by atoms with Crippen LogP contribution in [-0.4, -0.2) is 12.0 Å². The quantitative estimate of drug-likeness (QED) is 0.864. The maximum absolute atomic E-state index is 5.78. The number of halogens is 1. The van der Waals surface area contributed by atoms with Gasteiger partial charge in [-0.1, -0.05) is 28.1 Å². The molecule has 0 amide bonds. The first kappa shape index (κ1) is 14.1. The largest absolute Gasteiger partial charge is 0.464 e. The number of thiocarbonyl (C=S) groups is 1. The van der Waals surface area contributed by atoms with E-state index in [9.17, 15) is 0 Å². The smallest absolute Gasteiger partial charge is 0.123 e. The van der Waals surface area contributed by atoms with Crippen LogP contribution in [0.4, 0.5) is 5.69 Å². The molecule has 2 rings (SSSR count). The number of hydrogen-bond acceptors (Lipinski definition) is 3. The van der Waals surface area contributed by atoms with Crippen molar-refractivity contribution in [2.75, 3.05) is 11.9 Å². The third-order valence-electron chi connectivity index (χ3n) is 2.82. The maximum atomic E-state index is 5.78. The first-order valence-corrected chi connectivity index (χ1v) is 7.03. The molecular weight excluding hydrogens is 324 g/mol. The van der Waals surface area contributed by atoms with Gasteiger partial charge in [0.25, 0.3) is 0 Å². The maximum Gasteiger partial charge on any atom is 0.123 e. The van der Waals surface area contributed by atoms with Gasteiger partial charge in [0.05, 0.1) is 6.54 Å². The van der Waals surface area contributed by atoms with Gasteiger partial charge in [-0.05, 0) is 37.3 Å². The Hall–Kier alpha value is -1.33. The van der Waals surface area contributed by atoms with Crippen LogP contribution < -0.4 is 10.6 Å². The SMILES string of the molecule is Cc1ccc(CN(C)c2ccc(Br)cc2C(N)=S)o1. The second kappa shape index (κ2) is 5.75. The van der Waals surface area contributed by atoms with E-state index in [0.29, 0.717) is 11.5 Å². The van der Waals surface area contributed by atoms with Gasteiger partial charge in [-0.3, -0.25) is 0 Å².